The van der Waals surface area contributed by atoms with Crippen LogP contribution in [0, 0.1) is 0 Å². The number of hydrogen-bond acceptors (Lipinski definition) is 3. The van der Waals surface area contributed by atoms with Gasteiger partial charge in [0.15, 0.2) is 0 Å². The molecule has 0 radical (unpaired) electrons. The van der Waals surface area contributed by atoms with Crippen molar-refractivity contribution in [2.75, 3.05) is 13.6 Å². The van der Waals surface area contributed by atoms with E-state index in [0.29, 0.717) is 18.3 Å². The van der Waals surface area contributed by atoms with Gasteiger partial charge in [-0.2, -0.15) is 0 Å². The number of rotatable bonds is 8. The van der Waals surface area contributed by atoms with Crippen LogP contribution in [-0.2, 0) is 19.4 Å². The highest BCUT2D eigenvalue weighted by molar-refractivity contribution is 5.95. The SMILES string of the molecule is CN(Cc1ccccc1C(=O)NCC/C=C/c1ccccc1)C1CCc2ccc(O)cc2C1. The molecule has 1 amide bonds. The summed E-state index contributed by atoms with van der Waals surface area (Å²) in [6.07, 6.45) is 7.98. The van der Waals surface area contributed by atoms with Crippen molar-refractivity contribution in [2.45, 2.75) is 38.3 Å². The first-order valence-electron chi connectivity index (χ1n) is 11.7. The van der Waals surface area contributed by atoms with Crippen molar-refractivity contribution in [3.8, 4) is 5.75 Å². The number of nitrogens with zero attached hydrogens (tertiary/aromatic N) is 1. The summed E-state index contributed by atoms with van der Waals surface area (Å²) in [6.45, 7) is 1.32. The number of amides is 1. The fraction of sp³-hybridized carbons (Fsp3) is 0.276. The van der Waals surface area contributed by atoms with Gasteiger partial charge in [0.2, 0.25) is 0 Å². The van der Waals surface area contributed by atoms with E-state index in [1.165, 1.54) is 11.1 Å². The molecule has 1 unspecified atom stereocenters. The van der Waals surface area contributed by atoms with Crippen LogP contribution >= 0.6 is 0 Å². The third-order valence-corrected chi connectivity index (χ3v) is 6.40. The number of aromatic hydroxyl groups is 1. The molecule has 3 aromatic rings. The van der Waals surface area contributed by atoms with Crippen molar-refractivity contribution in [1.29, 1.82) is 0 Å². The first-order valence-corrected chi connectivity index (χ1v) is 11.7. The van der Waals surface area contributed by atoms with Crippen molar-refractivity contribution >= 4 is 12.0 Å². The summed E-state index contributed by atoms with van der Waals surface area (Å²) in [6, 6.07) is 24.1. The molecule has 0 heterocycles. The van der Waals surface area contributed by atoms with E-state index in [9.17, 15) is 9.90 Å². The largest absolute Gasteiger partial charge is 0.508 e. The third-order valence-electron chi connectivity index (χ3n) is 6.40. The van der Waals surface area contributed by atoms with Crippen LogP contribution in [0.3, 0.4) is 0 Å². The average Bonchev–Trinajstić information content (AvgIpc) is 2.84. The van der Waals surface area contributed by atoms with E-state index in [-0.39, 0.29) is 5.91 Å². The highest BCUT2D eigenvalue weighted by Crippen LogP contribution is 2.28. The first kappa shape index (κ1) is 22.8. The van der Waals surface area contributed by atoms with E-state index in [0.717, 1.165) is 48.9 Å². The van der Waals surface area contributed by atoms with Crippen LogP contribution in [0.1, 0.15) is 45.5 Å². The lowest BCUT2D eigenvalue weighted by molar-refractivity contribution is 0.0951. The number of benzene rings is 3. The highest BCUT2D eigenvalue weighted by atomic mass is 16.3. The summed E-state index contributed by atoms with van der Waals surface area (Å²) in [5.41, 5.74) is 5.51. The van der Waals surface area contributed by atoms with Gasteiger partial charge in [0.05, 0.1) is 0 Å². The summed E-state index contributed by atoms with van der Waals surface area (Å²) in [7, 11) is 2.13. The van der Waals surface area contributed by atoms with Crippen LogP contribution in [0.15, 0.2) is 78.9 Å². The number of phenols is 1. The lowest BCUT2D eigenvalue weighted by atomic mass is 9.87. The summed E-state index contributed by atoms with van der Waals surface area (Å²) < 4.78 is 0. The zero-order valence-electron chi connectivity index (χ0n) is 19.2. The van der Waals surface area contributed by atoms with E-state index in [2.05, 4.69) is 41.5 Å². The summed E-state index contributed by atoms with van der Waals surface area (Å²) in [4.78, 5) is 15.2. The van der Waals surface area contributed by atoms with Gasteiger partial charge < -0.3 is 10.4 Å². The van der Waals surface area contributed by atoms with Gasteiger partial charge in [0.1, 0.15) is 5.75 Å². The second kappa shape index (κ2) is 11.0. The number of hydrogen-bond donors (Lipinski definition) is 2. The number of fused-ring (bicyclic) bond motifs is 1. The normalized spacial score (nSPS) is 15.5. The minimum atomic E-state index is -0.0222. The number of likely N-dealkylation sites (N-methyl/N-ethyl adjacent to an activating group) is 1. The maximum absolute atomic E-state index is 12.9. The molecule has 3 aromatic carbocycles. The molecule has 0 aliphatic heterocycles. The van der Waals surface area contributed by atoms with Gasteiger partial charge in [-0.1, -0.05) is 66.7 Å². The second-order valence-electron chi connectivity index (χ2n) is 8.78. The molecule has 1 aliphatic rings. The molecule has 0 fully saturated rings. The molecule has 1 aliphatic carbocycles. The molecule has 170 valence electrons. The smallest absolute Gasteiger partial charge is 0.251 e. The van der Waals surface area contributed by atoms with Gasteiger partial charge in [0, 0.05) is 24.7 Å². The van der Waals surface area contributed by atoms with Crippen LogP contribution in [0.5, 0.6) is 5.75 Å². The van der Waals surface area contributed by atoms with E-state index in [4.69, 9.17) is 0 Å². The van der Waals surface area contributed by atoms with Crippen LogP contribution in [-0.4, -0.2) is 35.5 Å². The Morgan fingerprint density at radius 1 is 1.06 bits per heavy atom. The maximum atomic E-state index is 12.9. The van der Waals surface area contributed by atoms with Gasteiger partial charge in [0.25, 0.3) is 5.91 Å². The molecule has 1 atom stereocenters. The summed E-state index contributed by atoms with van der Waals surface area (Å²) in [5.74, 6) is 0.309. The Labute approximate surface area is 196 Å². The Morgan fingerprint density at radius 3 is 2.70 bits per heavy atom. The molecular weight excluding hydrogens is 408 g/mol. The molecule has 4 nitrogen and oxygen atoms in total. The topological polar surface area (TPSA) is 52.6 Å². The number of carbonyl (C=O) groups is 1. The van der Waals surface area contributed by atoms with Crippen molar-refractivity contribution in [2.24, 2.45) is 0 Å². The number of nitrogens with one attached hydrogen (secondary N) is 1. The van der Waals surface area contributed by atoms with Crippen LogP contribution in [0.2, 0.25) is 0 Å². The monoisotopic (exact) mass is 440 g/mol. The Kier molecular flexibility index (Phi) is 7.59. The fourth-order valence-electron chi connectivity index (χ4n) is 4.53. The molecule has 33 heavy (non-hydrogen) atoms. The Balaban J connectivity index is 1.33. The lowest BCUT2D eigenvalue weighted by Crippen LogP contribution is -2.36. The van der Waals surface area contributed by atoms with Gasteiger partial charge >= 0.3 is 0 Å². The average molecular weight is 441 g/mol. The predicted molar refractivity (Wildman–Crippen MR) is 134 cm³/mol. The van der Waals surface area contributed by atoms with Crippen LogP contribution in [0.4, 0.5) is 0 Å². The highest BCUT2D eigenvalue weighted by Gasteiger charge is 2.23. The van der Waals surface area contributed by atoms with E-state index in [1.807, 2.05) is 54.6 Å². The molecule has 0 saturated heterocycles. The molecule has 2 N–H and O–H groups in total. The van der Waals surface area contributed by atoms with Gasteiger partial charge in [-0.05, 0) is 73.2 Å². The maximum Gasteiger partial charge on any atom is 0.251 e. The lowest BCUT2D eigenvalue weighted by Gasteiger charge is -2.33. The molecule has 0 bridgehead atoms. The zero-order valence-corrected chi connectivity index (χ0v) is 19.2. The minimum Gasteiger partial charge on any atom is -0.508 e. The molecule has 4 rings (SSSR count). The standard InChI is InChI=1S/C29H32N2O2/c1-31(26-16-14-23-15-17-27(32)20-25(23)19-26)21-24-12-5-6-13-28(24)29(33)30-18-8-7-11-22-9-3-2-4-10-22/h2-7,9-13,15,17,20,26,32H,8,14,16,18-19,21H2,1H3,(H,30,33)/b11-7+. The molecule has 0 aromatic heterocycles. The second-order valence-corrected chi connectivity index (χ2v) is 8.78. The molecule has 4 heteroatoms. The van der Waals surface area contributed by atoms with Gasteiger partial charge in [-0.15, -0.1) is 0 Å². The first-order chi connectivity index (χ1) is 16.1. The zero-order chi connectivity index (χ0) is 23.0. The molecular formula is C29H32N2O2. The Bertz CT molecular complexity index is 1110. The van der Waals surface area contributed by atoms with E-state index >= 15 is 0 Å². The van der Waals surface area contributed by atoms with Crippen LogP contribution < -0.4 is 5.32 Å². The molecule has 0 saturated carbocycles. The predicted octanol–water partition coefficient (Wildman–Crippen LogP) is 5.21. The minimum absolute atomic E-state index is 0.0222. The third kappa shape index (κ3) is 6.11. The Morgan fingerprint density at radius 2 is 1.85 bits per heavy atom. The number of carbonyl (C=O) groups excluding carboxylic acids is 1. The number of aryl methyl sites for hydroxylation is 1. The van der Waals surface area contributed by atoms with Crippen molar-refractivity contribution < 1.29 is 9.90 Å². The van der Waals surface area contributed by atoms with Gasteiger partial charge in [-0.3, -0.25) is 9.69 Å². The van der Waals surface area contributed by atoms with E-state index in [1.54, 1.807) is 6.07 Å². The van der Waals surface area contributed by atoms with Crippen LogP contribution in [0.25, 0.3) is 6.08 Å². The van der Waals surface area contributed by atoms with Crippen molar-refractivity contribution in [3.05, 3.63) is 107 Å². The van der Waals surface area contributed by atoms with Crippen molar-refractivity contribution in [1.82, 2.24) is 10.2 Å². The fourth-order valence-corrected chi connectivity index (χ4v) is 4.53. The number of phenolic OH excluding ortho intramolecular Hbond substituents is 1. The Hall–Kier alpha value is -3.37. The molecule has 0 spiro atoms. The summed E-state index contributed by atoms with van der Waals surface area (Å²) >= 11 is 0. The quantitative estimate of drug-likeness (QED) is 0.473. The van der Waals surface area contributed by atoms with Crippen molar-refractivity contribution in [3.63, 3.8) is 0 Å². The van der Waals surface area contributed by atoms with Gasteiger partial charge in [-0.25, -0.2) is 0 Å². The summed E-state index contributed by atoms with van der Waals surface area (Å²) in [5, 5.41) is 12.9. The van der Waals surface area contributed by atoms with E-state index < -0.39 is 0 Å².